The highest BCUT2D eigenvalue weighted by atomic mass is 32.2. The molecule has 3 rings (SSSR count). The van der Waals surface area contributed by atoms with Gasteiger partial charge in [-0.2, -0.15) is 0 Å². The quantitative estimate of drug-likeness (QED) is 0.345. The third-order valence-electron chi connectivity index (χ3n) is 5.82. The number of rotatable bonds is 7. The number of likely N-dealkylation sites (tertiary alicyclic amines) is 1. The van der Waals surface area contributed by atoms with E-state index >= 15 is 0 Å². The molecule has 11 heteroatoms. The second-order valence-electron chi connectivity index (χ2n) is 8.49. The molecule has 2 aliphatic heterocycles. The highest BCUT2D eigenvalue weighted by Crippen LogP contribution is 2.32. The third kappa shape index (κ3) is 5.04. The van der Waals surface area contributed by atoms with Gasteiger partial charge in [-0.25, -0.2) is 8.42 Å². The number of carbonyl (C=O) groups is 2. The van der Waals surface area contributed by atoms with Crippen molar-refractivity contribution >= 4 is 33.0 Å². The van der Waals surface area contributed by atoms with Crippen molar-refractivity contribution in [1.82, 2.24) is 9.80 Å². The summed E-state index contributed by atoms with van der Waals surface area (Å²) in [6.07, 6.45) is 1.94. The van der Waals surface area contributed by atoms with Crippen LogP contribution in [0.15, 0.2) is 23.1 Å². The third-order valence-corrected chi connectivity index (χ3v) is 6.93. The molecule has 0 radical (unpaired) electrons. The molecule has 0 aromatic heterocycles. The largest absolute Gasteiger partial charge is 0.363 e. The van der Waals surface area contributed by atoms with Crippen LogP contribution in [0.2, 0.25) is 0 Å². The normalized spacial score (nSPS) is 20.7. The molecule has 0 saturated carbocycles. The van der Waals surface area contributed by atoms with E-state index < -0.39 is 20.8 Å². The Labute approximate surface area is 181 Å². The minimum absolute atomic E-state index is 0.0989. The van der Waals surface area contributed by atoms with Gasteiger partial charge in [-0.1, -0.05) is 13.8 Å². The first-order valence-electron chi connectivity index (χ1n) is 10.3. The number of amides is 2. The van der Waals surface area contributed by atoms with Gasteiger partial charge in [0.05, 0.1) is 22.3 Å². The van der Waals surface area contributed by atoms with Gasteiger partial charge >= 0.3 is 0 Å². The van der Waals surface area contributed by atoms with Crippen LogP contribution in [-0.4, -0.2) is 80.0 Å². The Morgan fingerprint density at radius 1 is 1.16 bits per heavy atom. The summed E-state index contributed by atoms with van der Waals surface area (Å²) in [7, 11) is -3.56. The van der Waals surface area contributed by atoms with Gasteiger partial charge in [-0.05, 0) is 24.5 Å². The zero-order valence-electron chi connectivity index (χ0n) is 18.0. The molecule has 2 aliphatic rings. The van der Waals surface area contributed by atoms with Crippen LogP contribution in [0.5, 0.6) is 0 Å². The summed E-state index contributed by atoms with van der Waals surface area (Å²) in [5, 5.41) is 11.5. The lowest BCUT2D eigenvalue weighted by molar-refractivity contribution is -0.384. The first kappa shape index (κ1) is 23.1. The van der Waals surface area contributed by atoms with Crippen molar-refractivity contribution in [2.24, 2.45) is 5.92 Å². The van der Waals surface area contributed by atoms with Crippen molar-refractivity contribution in [2.75, 3.05) is 43.9 Å². The summed E-state index contributed by atoms with van der Waals surface area (Å²) in [6, 6.07) is 3.44. The number of hydrogen-bond donors (Lipinski definition) is 0. The monoisotopic (exact) mass is 452 g/mol. The molecule has 1 atom stereocenters. The van der Waals surface area contributed by atoms with E-state index in [1.165, 1.54) is 17.0 Å². The standard InChI is InChI=1S/C20H28N4O6S/c1-14(2)6-7-23-19(25)13-18(20(23)26)22-10-8-21(9-11-22)16-5-4-15(31(3,29)30)12-17(16)24(27)28/h4-5,12,14,18H,6-11,13H2,1-3H3/t18-/m1/s1. The molecule has 31 heavy (non-hydrogen) atoms. The van der Waals surface area contributed by atoms with Gasteiger partial charge in [-0.3, -0.25) is 29.5 Å². The maximum atomic E-state index is 12.8. The Kier molecular flexibility index (Phi) is 6.65. The van der Waals surface area contributed by atoms with E-state index in [-0.39, 0.29) is 28.8 Å². The highest BCUT2D eigenvalue weighted by molar-refractivity contribution is 7.90. The predicted octanol–water partition coefficient (Wildman–Crippen LogP) is 1.29. The number of nitrogens with zero attached hydrogens (tertiary/aromatic N) is 4. The Morgan fingerprint density at radius 2 is 1.81 bits per heavy atom. The molecule has 0 spiro atoms. The number of benzene rings is 1. The van der Waals surface area contributed by atoms with E-state index in [0.717, 1.165) is 18.7 Å². The summed E-state index contributed by atoms with van der Waals surface area (Å²) in [4.78, 5) is 41.0. The Balaban J connectivity index is 1.69. The summed E-state index contributed by atoms with van der Waals surface area (Å²) < 4.78 is 23.5. The fraction of sp³-hybridized carbons (Fsp3) is 0.600. The van der Waals surface area contributed by atoms with Crippen molar-refractivity contribution in [3.63, 3.8) is 0 Å². The van der Waals surface area contributed by atoms with E-state index in [1.807, 2.05) is 23.6 Å². The first-order valence-corrected chi connectivity index (χ1v) is 12.2. The number of anilines is 1. The van der Waals surface area contributed by atoms with E-state index in [1.54, 1.807) is 0 Å². The second kappa shape index (κ2) is 8.91. The highest BCUT2D eigenvalue weighted by Gasteiger charge is 2.42. The van der Waals surface area contributed by atoms with E-state index in [9.17, 15) is 28.1 Å². The Hall–Kier alpha value is -2.53. The van der Waals surface area contributed by atoms with Crippen molar-refractivity contribution < 1.29 is 22.9 Å². The maximum absolute atomic E-state index is 12.8. The molecule has 1 aromatic carbocycles. The zero-order valence-corrected chi connectivity index (χ0v) is 18.8. The molecule has 0 aliphatic carbocycles. The van der Waals surface area contributed by atoms with Gasteiger partial charge in [0.15, 0.2) is 9.84 Å². The SMILES string of the molecule is CC(C)CCN1C(=O)C[C@@H](N2CCN(c3ccc(S(C)(=O)=O)cc3[N+](=O)[O-])CC2)C1=O. The van der Waals surface area contributed by atoms with Crippen LogP contribution in [-0.2, 0) is 19.4 Å². The average Bonchev–Trinajstić information content (AvgIpc) is 2.99. The van der Waals surface area contributed by atoms with Gasteiger partial charge in [-0.15, -0.1) is 0 Å². The average molecular weight is 453 g/mol. The fourth-order valence-electron chi connectivity index (χ4n) is 4.00. The van der Waals surface area contributed by atoms with Gasteiger partial charge in [0.1, 0.15) is 5.69 Å². The molecule has 0 bridgehead atoms. The number of sulfone groups is 1. The molecule has 2 fully saturated rings. The van der Waals surface area contributed by atoms with Gasteiger partial charge in [0.25, 0.3) is 5.69 Å². The summed E-state index contributed by atoms with van der Waals surface area (Å²) in [5.74, 6) is 0.0840. The lowest BCUT2D eigenvalue weighted by Crippen LogP contribution is -2.52. The van der Waals surface area contributed by atoms with Crippen LogP contribution in [0.4, 0.5) is 11.4 Å². The number of piperazine rings is 1. The van der Waals surface area contributed by atoms with Gasteiger partial charge < -0.3 is 4.90 Å². The van der Waals surface area contributed by atoms with Crippen LogP contribution in [0.1, 0.15) is 26.7 Å². The molecule has 2 saturated heterocycles. The smallest absolute Gasteiger partial charge is 0.293 e. The minimum atomic E-state index is -3.56. The minimum Gasteiger partial charge on any atom is -0.363 e. The molecule has 2 heterocycles. The Morgan fingerprint density at radius 3 is 2.35 bits per heavy atom. The van der Waals surface area contributed by atoms with Crippen LogP contribution in [0.3, 0.4) is 0 Å². The number of carbonyl (C=O) groups excluding carboxylic acids is 2. The summed E-state index contributed by atoms with van der Waals surface area (Å²) in [6.45, 7) is 6.35. The topological polar surface area (TPSA) is 121 Å². The number of nitro benzene ring substituents is 1. The fourth-order valence-corrected chi connectivity index (χ4v) is 4.64. The van der Waals surface area contributed by atoms with Crippen molar-refractivity contribution in [3.8, 4) is 0 Å². The predicted molar refractivity (Wildman–Crippen MR) is 115 cm³/mol. The molecular weight excluding hydrogens is 424 g/mol. The Bertz CT molecular complexity index is 985. The van der Waals surface area contributed by atoms with E-state index in [4.69, 9.17) is 0 Å². The van der Waals surface area contributed by atoms with Crippen LogP contribution >= 0.6 is 0 Å². The molecule has 170 valence electrons. The molecular formula is C20H28N4O6S. The van der Waals surface area contributed by atoms with Crippen molar-refractivity contribution in [2.45, 2.75) is 37.6 Å². The second-order valence-corrected chi connectivity index (χ2v) is 10.5. The zero-order chi connectivity index (χ0) is 22.9. The lowest BCUT2D eigenvalue weighted by atomic mass is 10.1. The molecule has 0 unspecified atom stereocenters. The summed E-state index contributed by atoms with van der Waals surface area (Å²) >= 11 is 0. The molecule has 0 N–H and O–H groups in total. The van der Waals surface area contributed by atoms with E-state index in [2.05, 4.69) is 0 Å². The van der Waals surface area contributed by atoms with Crippen LogP contribution in [0, 0.1) is 16.0 Å². The van der Waals surface area contributed by atoms with Gasteiger partial charge in [0.2, 0.25) is 11.8 Å². The van der Waals surface area contributed by atoms with Crippen molar-refractivity contribution in [3.05, 3.63) is 28.3 Å². The summed E-state index contributed by atoms with van der Waals surface area (Å²) in [5.41, 5.74) is 0.0905. The molecule has 10 nitrogen and oxygen atoms in total. The molecule has 1 aromatic rings. The lowest BCUT2D eigenvalue weighted by Gasteiger charge is -2.37. The maximum Gasteiger partial charge on any atom is 0.293 e. The number of nitro groups is 1. The molecule has 2 amide bonds. The van der Waals surface area contributed by atoms with Gasteiger partial charge in [0, 0.05) is 45.0 Å². The number of imide groups is 1. The van der Waals surface area contributed by atoms with E-state index in [0.29, 0.717) is 44.3 Å². The van der Waals surface area contributed by atoms with Crippen LogP contribution in [0.25, 0.3) is 0 Å². The first-order chi connectivity index (χ1) is 14.5. The number of hydrogen-bond acceptors (Lipinski definition) is 8. The van der Waals surface area contributed by atoms with Crippen molar-refractivity contribution in [1.29, 1.82) is 0 Å². The van der Waals surface area contributed by atoms with Crippen LogP contribution < -0.4 is 4.90 Å².